The van der Waals surface area contributed by atoms with Crippen LogP contribution in [0.25, 0.3) is 10.9 Å². The molecule has 22 heteroatoms. The van der Waals surface area contributed by atoms with Gasteiger partial charge in [-0.2, -0.15) is 0 Å². The van der Waals surface area contributed by atoms with Crippen LogP contribution in [-0.4, -0.2) is 149 Å². The lowest BCUT2D eigenvalue weighted by atomic mass is 10.1. The number of carbonyl (C=O) groups is 7. The first-order valence-electron chi connectivity index (χ1n) is 16.6. The van der Waals surface area contributed by atoms with Crippen LogP contribution in [0, 0.1) is 0 Å². The van der Waals surface area contributed by atoms with Crippen LogP contribution in [-0.2, 0) is 50.0 Å². The van der Waals surface area contributed by atoms with E-state index in [0.717, 1.165) is 11.2 Å². The summed E-state index contributed by atoms with van der Waals surface area (Å²) in [7, 11) is -1.25. The molecular formula is C32H44N8O13S. The summed E-state index contributed by atoms with van der Waals surface area (Å²) in [6, 6.07) is -2.09. The number of likely N-dealkylation sites (tertiary alicyclic amines) is 1. The monoisotopic (exact) mass is 780 g/mol. The number of amides is 6. The van der Waals surface area contributed by atoms with Crippen molar-refractivity contribution < 1.29 is 62.4 Å². The number of phenols is 1. The van der Waals surface area contributed by atoms with Gasteiger partial charge in [0.05, 0.1) is 18.1 Å². The molecule has 0 aliphatic carbocycles. The predicted molar refractivity (Wildman–Crippen MR) is 186 cm³/mol. The number of nitrogens with one attached hydrogen (secondary N) is 4. The first kappa shape index (κ1) is 43.0. The van der Waals surface area contributed by atoms with E-state index >= 15 is 0 Å². The van der Waals surface area contributed by atoms with E-state index in [4.69, 9.17) is 5.73 Å². The molecular weight excluding hydrogens is 736 g/mol. The van der Waals surface area contributed by atoms with Crippen molar-refractivity contribution >= 4 is 62.3 Å². The number of hydrogen-bond acceptors (Lipinski definition) is 13. The van der Waals surface area contributed by atoms with Crippen LogP contribution in [0.4, 0.5) is 0 Å². The molecule has 0 spiro atoms. The van der Waals surface area contributed by atoms with Crippen molar-refractivity contribution in [2.45, 2.75) is 74.1 Å². The smallest absolute Gasteiger partial charge is 0.303 e. The van der Waals surface area contributed by atoms with Gasteiger partial charge in [-0.15, -0.1) is 0 Å². The molecule has 1 aliphatic heterocycles. The highest BCUT2D eigenvalue weighted by molar-refractivity contribution is 7.89. The number of benzene rings is 1. The van der Waals surface area contributed by atoms with E-state index in [1.165, 1.54) is 43.3 Å². The van der Waals surface area contributed by atoms with Crippen LogP contribution in [0.15, 0.2) is 29.2 Å². The Balaban J connectivity index is 1.85. The molecule has 1 aromatic carbocycles. The molecule has 0 unspecified atom stereocenters. The summed E-state index contributed by atoms with van der Waals surface area (Å²) >= 11 is 0. The summed E-state index contributed by atoms with van der Waals surface area (Å²) in [4.78, 5) is 93.7. The molecule has 5 atom stereocenters. The largest absolute Gasteiger partial charge is 0.506 e. The second kappa shape index (κ2) is 18.5. The summed E-state index contributed by atoms with van der Waals surface area (Å²) in [5.41, 5.74) is 5.19. The number of aromatic nitrogens is 1. The topological polar surface area (TPSA) is 328 Å². The zero-order chi connectivity index (χ0) is 40.5. The predicted octanol–water partition coefficient (Wildman–Crippen LogP) is -3.98. The van der Waals surface area contributed by atoms with Crippen LogP contribution < -0.4 is 27.0 Å². The molecule has 1 fully saturated rings. The standard InChI is InChI=1S/C32H44N8O13S/c1-16(43)34-20(13-17-6-7-18-25(54(52,53)39(2)3)10-9-24(44)27(18)35-17)32(51)40-12-4-5-23(40)31(50)36-19(8-11-26(45)46)29(48)38-22(15-42)30(49)37-21(14-41)28(33)47/h6-7,9-10,19-23,41-42,44H,4-5,8,11-15H2,1-3H3,(H2,33,47)(H,34,43)(H,36,50)(H,37,49)(H,38,48)(H,45,46)/t19-,20-,21-,22-,23-/m0/s1. The maximum absolute atomic E-state index is 13.9. The number of aliphatic hydroxyl groups is 2. The third-order valence-corrected chi connectivity index (χ3v) is 10.4. The molecule has 54 heavy (non-hydrogen) atoms. The van der Waals surface area contributed by atoms with Gasteiger partial charge in [-0.05, 0) is 43.5 Å². The molecule has 0 radical (unpaired) electrons. The fourth-order valence-corrected chi connectivity index (χ4v) is 6.74. The van der Waals surface area contributed by atoms with Crippen LogP contribution in [0.1, 0.15) is 38.3 Å². The van der Waals surface area contributed by atoms with Crippen molar-refractivity contribution in [2.24, 2.45) is 5.73 Å². The van der Waals surface area contributed by atoms with Crippen LogP contribution >= 0.6 is 0 Å². The normalized spacial score (nSPS) is 16.6. The number of aliphatic carboxylic acids is 1. The SMILES string of the molecule is CC(=O)N[C@@H](Cc1ccc2c(S(=O)(=O)N(C)C)ccc(O)c2n1)C(=O)N1CCC[C@H]1C(=O)N[C@@H](CCC(=O)O)C(=O)N[C@@H](CO)C(=O)N[C@@H](CO)C(N)=O. The maximum Gasteiger partial charge on any atom is 0.303 e. The van der Waals surface area contributed by atoms with Gasteiger partial charge in [0.2, 0.25) is 45.5 Å². The van der Waals surface area contributed by atoms with E-state index in [9.17, 15) is 62.4 Å². The minimum absolute atomic E-state index is 0.0509. The molecule has 10 N–H and O–H groups in total. The lowest BCUT2D eigenvalue weighted by Gasteiger charge is -2.30. The molecule has 6 amide bonds. The average molecular weight is 781 g/mol. The van der Waals surface area contributed by atoms with Crippen molar-refractivity contribution in [1.29, 1.82) is 0 Å². The van der Waals surface area contributed by atoms with Gasteiger partial charge in [-0.1, -0.05) is 0 Å². The van der Waals surface area contributed by atoms with Crippen LogP contribution in [0.5, 0.6) is 5.75 Å². The van der Waals surface area contributed by atoms with Gasteiger partial charge in [-0.25, -0.2) is 17.7 Å². The number of aromatic hydroxyl groups is 1. The van der Waals surface area contributed by atoms with E-state index in [1.54, 1.807) is 0 Å². The summed E-state index contributed by atoms with van der Waals surface area (Å²) in [6.07, 6.45) is -0.894. The van der Waals surface area contributed by atoms with Crippen molar-refractivity contribution in [3.05, 3.63) is 30.0 Å². The number of sulfonamides is 1. The molecule has 0 saturated carbocycles. The number of rotatable bonds is 18. The molecule has 21 nitrogen and oxygen atoms in total. The summed E-state index contributed by atoms with van der Waals surface area (Å²) in [5, 5.41) is 48.0. The van der Waals surface area contributed by atoms with Gasteiger partial charge in [0.25, 0.3) is 0 Å². The minimum Gasteiger partial charge on any atom is -0.506 e. The first-order chi connectivity index (χ1) is 25.3. The highest BCUT2D eigenvalue weighted by Gasteiger charge is 2.39. The Bertz CT molecular complexity index is 1890. The highest BCUT2D eigenvalue weighted by atomic mass is 32.2. The zero-order valence-electron chi connectivity index (χ0n) is 29.6. The Labute approximate surface area is 309 Å². The molecule has 3 rings (SSSR count). The third kappa shape index (κ3) is 10.6. The molecule has 0 bridgehead atoms. The molecule has 296 valence electrons. The second-order valence-corrected chi connectivity index (χ2v) is 14.7. The van der Waals surface area contributed by atoms with Crippen molar-refractivity contribution in [3.8, 4) is 5.75 Å². The van der Waals surface area contributed by atoms with Gasteiger partial charge in [0.15, 0.2) is 0 Å². The third-order valence-electron chi connectivity index (χ3n) is 8.48. The summed E-state index contributed by atoms with van der Waals surface area (Å²) in [5.74, 6) is -7.15. The molecule has 1 aliphatic rings. The number of carbonyl (C=O) groups excluding carboxylic acids is 6. The molecule has 2 aromatic rings. The van der Waals surface area contributed by atoms with E-state index in [0.29, 0.717) is 6.42 Å². The highest BCUT2D eigenvalue weighted by Crippen LogP contribution is 2.31. The second-order valence-electron chi connectivity index (χ2n) is 12.6. The van der Waals surface area contributed by atoms with Gasteiger partial charge < -0.3 is 52.3 Å². The number of hydrogen-bond donors (Lipinski definition) is 9. The number of phenolic OH excluding ortho intramolecular Hbond substituents is 1. The van der Waals surface area contributed by atoms with Gasteiger partial charge in [0.1, 0.15) is 41.5 Å². The lowest BCUT2D eigenvalue weighted by molar-refractivity contribution is -0.142. The Morgan fingerprint density at radius 2 is 1.56 bits per heavy atom. The van der Waals surface area contributed by atoms with E-state index in [1.807, 2.05) is 5.32 Å². The number of nitrogens with two attached hydrogens (primary N) is 1. The average Bonchev–Trinajstić information content (AvgIpc) is 3.60. The van der Waals surface area contributed by atoms with Crippen molar-refractivity contribution in [3.63, 3.8) is 0 Å². The summed E-state index contributed by atoms with van der Waals surface area (Å²) < 4.78 is 26.7. The number of carboxylic acid groups (broad SMARTS) is 1. The van der Waals surface area contributed by atoms with Crippen LogP contribution in [0.3, 0.4) is 0 Å². The van der Waals surface area contributed by atoms with Gasteiger partial charge in [0, 0.05) is 51.5 Å². The fourth-order valence-electron chi connectivity index (χ4n) is 5.66. The lowest BCUT2D eigenvalue weighted by Crippen LogP contribution is -2.59. The minimum atomic E-state index is -3.93. The number of fused-ring (bicyclic) bond motifs is 1. The van der Waals surface area contributed by atoms with Gasteiger partial charge >= 0.3 is 5.97 Å². The van der Waals surface area contributed by atoms with Gasteiger partial charge in [-0.3, -0.25) is 33.6 Å². The first-order valence-corrected chi connectivity index (χ1v) is 18.0. The molecule has 1 saturated heterocycles. The Morgan fingerprint density at radius 1 is 0.926 bits per heavy atom. The van der Waals surface area contributed by atoms with Crippen molar-refractivity contribution in [2.75, 3.05) is 33.9 Å². The van der Waals surface area contributed by atoms with Crippen molar-refractivity contribution in [1.82, 2.24) is 35.5 Å². The number of aliphatic hydroxyl groups excluding tert-OH is 2. The Morgan fingerprint density at radius 3 is 2.13 bits per heavy atom. The van der Waals surface area contributed by atoms with E-state index < -0.39 is 108 Å². The fraction of sp³-hybridized carbons (Fsp3) is 0.500. The number of primary amides is 1. The Kier molecular flexibility index (Phi) is 14.7. The van der Waals surface area contributed by atoms with E-state index in [-0.39, 0.29) is 46.6 Å². The Hall–Kier alpha value is -5.45. The molecule has 1 aromatic heterocycles. The number of pyridine rings is 1. The number of carboxylic acids is 1. The molecule has 2 heterocycles. The maximum atomic E-state index is 13.9. The van der Waals surface area contributed by atoms with Crippen LogP contribution in [0.2, 0.25) is 0 Å². The number of nitrogens with zero attached hydrogens (tertiary/aromatic N) is 3. The zero-order valence-corrected chi connectivity index (χ0v) is 30.5. The summed E-state index contributed by atoms with van der Waals surface area (Å²) in [6.45, 7) is -0.659. The van der Waals surface area contributed by atoms with E-state index in [2.05, 4.69) is 20.9 Å². The quantitative estimate of drug-likeness (QED) is 0.0697.